The van der Waals surface area contributed by atoms with Crippen LogP contribution < -0.4 is 15.4 Å². The molecule has 9 heteroatoms. The summed E-state index contributed by atoms with van der Waals surface area (Å²) in [5.41, 5.74) is 2.78. The molecule has 0 unspecified atom stereocenters. The molecule has 8 nitrogen and oxygen atoms in total. The highest BCUT2D eigenvalue weighted by atomic mass is 19.1. The Labute approximate surface area is 234 Å². The van der Waals surface area contributed by atoms with E-state index in [1.54, 1.807) is 23.1 Å². The molecule has 1 aliphatic rings. The summed E-state index contributed by atoms with van der Waals surface area (Å²) in [4.78, 5) is 29.9. The fourth-order valence-electron chi connectivity index (χ4n) is 4.82. The van der Waals surface area contributed by atoms with Gasteiger partial charge in [0.25, 0.3) is 0 Å². The molecular weight excluding hydrogens is 511 g/mol. The number of fused-ring (bicyclic) bond motifs is 1. The van der Waals surface area contributed by atoms with E-state index >= 15 is 0 Å². The molecule has 1 aliphatic heterocycles. The molecule has 0 spiro atoms. The van der Waals surface area contributed by atoms with E-state index < -0.39 is 11.8 Å². The van der Waals surface area contributed by atoms with Gasteiger partial charge in [0.2, 0.25) is 5.91 Å². The topological polar surface area (TPSA) is 94.1 Å². The molecule has 212 valence electrons. The highest BCUT2D eigenvalue weighted by molar-refractivity contribution is 5.99. The zero-order valence-electron chi connectivity index (χ0n) is 23.1. The minimum absolute atomic E-state index is 0.0126. The third-order valence-corrected chi connectivity index (χ3v) is 7.06. The van der Waals surface area contributed by atoms with Gasteiger partial charge in [0.05, 0.1) is 19.1 Å². The number of carbonyl (C=O) groups excluding carboxylic acids is 2. The maximum atomic E-state index is 13.4. The molecule has 3 amide bonds. The third-order valence-electron chi connectivity index (χ3n) is 7.06. The lowest BCUT2D eigenvalue weighted by Gasteiger charge is -2.34. The number of hydrogen-bond acceptors (Lipinski definition) is 5. The smallest absolute Gasteiger partial charge is 0.323 e. The van der Waals surface area contributed by atoms with E-state index in [-0.39, 0.29) is 37.0 Å². The first-order valence-corrected chi connectivity index (χ1v) is 13.5. The maximum Gasteiger partial charge on any atom is 0.323 e. The predicted molar refractivity (Wildman–Crippen MR) is 154 cm³/mol. The number of aliphatic hydroxyl groups is 1. The minimum Gasteiger partial charge on any atom is -0.488 e. The van der Waals surface area contributed by atoms with Gasteiger partial charge in [0, 0.05) is 42.5 Å². The first-order valence-electron chi connectivity index (χ1n) is 13.5. The van der Waals surface area contributed by atoms with Gasteiger partial charge in [-0.15, -0.1) is 0 Å². The minimum atomic E-state index is -0.494. The van der Waals surface area contributed by atoms with Crippen LogP contribution >= 0.6 is 0 Å². The van der Waals surface area contributed by atoms with E-state index in [1.807, 2.05) is 32.2 Å². The molecule has 0 aliphatic carbocycles. The number of nitrogens with zero attached hydrogens (tertiary/aromatic N) is 2. The number of carbonyl (C=O) groups is 2. The standard InChI is InChI=1S/C31H37FN4O4/c1-21-17-36(22(2)20-37)30(38)16-24-15-27(34-31(39)33-26-11-9-25(32)10-12-26)13-14-28(24)40-29(21)19-35(3)18-23-7-5-4-6-8-23/h4-15,21-22,29,37H,16-20H2,1-3H3,(H2,33,34,39)/t21-,22-,29-/m1/s1. The molecule has 0 radical (unpaired) electrons. The first kappa shape index (κ1) is 29.0. The molecule has 3 N–H and O–H groups in total. The van der Waals surface area contributed by atoms with Crippen molar-refractivity contribution in [1.82, 2.24) is 9.80 Å². The summed E-state index contributed by atoms with van der Waals surface area (Å²) >= 11 is 0. The fourth-order valence-corrected chi connectivity index (χ4v) is 4.82. The summed E-state index contributed by atoms with van der Waals surface area (Å²) in [6.45, 7) is 5.58. The Morgan fingerprint density at radius 3 is 2.48 bits per heavy atom. The summed E-state index contributed by atoms with van der Waals surface area (Å²) in [6.07, 6.45) is -0.166. The zero-order chi connectivity index (χ0) is 28.6. The lowest BCUT2D eigenvalue weighted by Crippen LogP contribution is -2.47. The summed E-state index contributed by atoms with van der Waals surface area (Å²) in [5, 5.41) is 15.3. The Bertz CT molecular complexity index is 1290. The third kappa shape index (κ3) is 7.80. The van der Waals surface area contributed by atoms with Gasteiger partial charge in [-0.2, -0.15) is 0 Å². The van der Waals surface area contributed by atoms with E-state index in [0.717, 1.165) is 6.54 Å². The molecule has 0 saturated heterocycles. The number of ether oxygens (including phenoxy) is 1. The van der Waals surface area contributed by atoms with Gasteiger partial charge in [0.1, 0.15) is 17.7 Å². The van der Waals surface area contributed by atoms with Crippen molar-refractivity contribution in [2.45, 2.75) is 39.0 Å². The van der Waals surface area contributed by atoms with Gasteiger partial charge in [0.15, 0.2) is 0 Å². The highest BCUT2D eigenvalue weighted by Crippen LogP contribution is 2.29. The van der Waals surface area contributed by atoms with E-state index in [9.17, 15) is 19.1 Å². The van der Waals surface area contributed by atoms with E-state index in [2.05, 4.69) is 34.6 Å². The monoisotopic (exact) mass is 548 g/mol. The van der Waals surface area contributed by atoms with Gasteiger partial charge in [-0.05, 0) is 62.0 Å². The van der Waals surface area contributed by atoms with Crippen LogP contribution in [0.2, 0.25) is 0 Å². The van der Waals surface area contributed by atoms with Crippen LogP contribution in [-0.2, 0) is 17.8 Å². The molecule has 3 atom stereocenters. The van der Waals surface area contributed by atoms with Crippen LogP contribution in [0.3, 0.4) is 0 Å². The quantitative estimate of drug-likeness (QED) is 0.378. The number of hydrogen-bond donors (Lipinski definition) is 3. The van der Waals surface area contributed by atoms with Crippen LogP contribution in [0.4, 0.5) is 20.6 Å². The lowest BCUT2D eigenvalue weighted by atomic mass is 10.0. The number of halogens is 1. The number of likely N-dealkylation sites (N-methyl/N-ethyl adjacent to an activating group) is 1. The van der Waals surface area contributed by atoms with Crippen molar-refractivity contribution in [1.29, 1.82) is 0 Å². The number of amides is 3. The number of urea groups is 1. The lowest BCUT2D eigenvalue weighted by molar-refractivity contribution is -0.134. The summed E-state index contributed by atoms with van der Waals surface area (Å²) in [6, 6.07) is 20.1. The van der Waals surface area contributed by atoms with Gasteiger partial charge >= 0.3 is 6.03 Å². The normalized spacial score (nSPS) is 18.1. The second kappa shape index (κ2) is 13.4. The summed E-state index contributed by atoms with van der Waals surface area (Å²) in [5.74, 6) is 0.0591. The van der Waals surface area contributed by atoms with Crippen molar-refractivity contribution in [2.24, 2.45) is 5.92 Å². The number of benzene rings is 3. The number of rotatable bonds is 8. The second-order valence-electron chi connectivity index (χ2n) is 10.5. The average Bonchev–Trinajstić information content (AvgIpc) is 2.97. The molecule has 0 fully saturated rings. The Morgan fingerprint density at radius 2 is 1.77 bits per heavy atom. The molecule has 0 saturated carbocycles. The van der Waals surface area contributed by atoms with Crippen LogP contribution in [-0.4, -0.2) is 65.7 Å². The van der Waals surface area contributed by atoms with Crippen LogP contribution in [0.1, 0.15) is 25.0 Å². The van der Waals surface area contributed by atoms with Crippen molar-refractivity contribution in [3.05, 3.63) is 89.7 Å². The Morgan fingerprint density at radius 1 is 1.10 bits per heavy atom. The largest absolute Gasteiger partial charge is 0.488 e. The molecule has 0 bridgehead atoms. The molecular formula is C31H37FN4O4. The Kier molecular flexibility index (Phi) is 9.74. The van der Waals surface area contributed by atoms with Crippen LogP contribution in [0.15, 0.2) is 72.8 Å². The molecule has 0 aromatic heterocycles. The van der Waals surface area contributed by atoms with Crippen molar-refractivity contribution in [2.75, 3.05) is 37.4 Å². The first-order chi connectivity index (χ1) is 19.2. The Balaban J connectivity index is 1.55. The molecule has 3 aromatic rings. The van der Waals surface area contributed by atoms with E-state index in [4.69, 9.17) is 4.74 Å². The maximum absolute atomic E-state index is 13.4. The van der Waals surface area contributed by atoms with Crippen molar-refractivity contribution in [3.63, 3.8) is 0 Å². The van der Waals surface area contributed by atoms with E-state index in [0.29, 0.717) is 35.8 Å². The van der Waals surface area contributed by atoms with Crippen LogP contribution in [0, 0.1) is 11.7 Å². The SMILES string of the molecule is C[C@@H]1CN([C@H](C)CO)C(=O)Cc2cc(NC(=O)Nc3ccc(F)cc3)ccc2O[C@@H]1CN(C)Cc1ccccc1. The highest BCUT2D eigenvalue weighted by Gasteiger charge is 2.31. The van der Waals surface area contributed by atoms with E-state index in [1.165, 1.54) is 29.8 Å². The molecule has 3 aromatic carbocycles. The van der Waals surface area contributed by atoms with Crippen LogP contribution in [0.5, 0.6) is 5.75 Å². The summed E-state index contributed by atoms with van der Waals surface area (Å²) < 4.78 is 19.8. The number of aliphatic hydroxyl groups excluding tert-OH is 1. The Hall–Kier alpha value is -3.95. The molecule has 4 rings (SSSR count). The summed E-state index contributed by atoms with van der Waals surface area (Å²) in [7, 11) is 2.04. The van der Waals surface area contributed by atoms with Crippen molar-refractivity contribution < 1.29 is 23.8 Å². The van der Waals surface area contributed by atoms with Gasteiger partial charge in [-0.25, -0.2) is 9.18 Å². The number of nitrogens with one attached hydrogen (secondary N) is 2. The molecule has 40 heavy (non-hydrogen) atoms. The van der Waals surface area contributed by atoms with Crippen molar-refractivity contribution in [3.8, 4) is 5.75 Å². The fraction of sp³-hybridized carbons (Fsp3) is 0.355. The molecule has 1 heterocycles. The number of anilines is 2. The van der Waals surface area contributed by atoms with Crippen molar-refractivity contribution >= 4 is 23.3 Å². The zero-order valence-corrected chi connectivity index (χ0v) is 23.1. The van der Waals surface area contributed by atoms with Gasteiger partial charge < -0.3 is 25.4 Å². The van der Waals surface area contributed by atoms with Crippen LogP contribution in [0.25, 0.3) is 0 Å². The van der Waals surface area contributed by atoms with Gasteiger partial charge in [-0.3, -0.25) is 9.69 Å². The predicted octanol–water partition coefficient (Wildman–Crippen LogP) is 4.75. The second-order valence-corrected chi connectivity index (χ2v) is 10.5. The van der Waals surface area contributed by atoms with Gasteiger partial charge in [-0.1, -0.05) is 37.3 Å². The average molecular weight is 549 g/mol.